The van der Waals surface area contributed by atoms with Crippen LogP contribution in [0.25, 0.3) is 0 Å². The quantitative estimate of drug-likeness (QED) is 0.373. The average molecular weight is 205 g/mol. The van der Waals surface area contributed by atoms with Crippen LogP contribution in [-0.2, 0) is 10.3 Å². The summed E-state index contributed by atoms with van der Waals surface area (Å²) < 4.78 is 20.1. The SMILES string of the molecule is O=S(=O)=CCCCCCN=C=S. The van der Waals surface area contributed by atoms with Crippen LogP contribution in [0.4, 0.5) is 0 Å². The van der Waals surface area contributed by atoms with Crippen molar-refractivity contribution >= 4 is 33.0 Å². The number of hydrogen-bond acceptors (Lipinski definition) is 4. The number of unbranched alkanes of at least 4 members (excludes halogenated alkanes) is 3. The third-order valence-corrected chi connectivity index (χ3v) is 1.93. The Kier molecular flexibility index (Phi) is 8.22. The highest BCUT2D eigenvalue weighted by Gasteiger charge is 1.86. The second-order valence-electron chi connectivity index (χ2n) is 2.25. The molecule has 5 heteroatoms. The van der Waals surface area contributed by atoms with Gasteiger partial charge in [0, 0.05) is 11.9 Å². The molecule has 0 aliphatic carbocycles. The first-order valence-corrected chi connectivity index (χ1v) is 5.27. The monoisotopic (exact) mass is 205 g/mol. The molecule has 0 spiro atoms. The zero-order valence-electron chi connectivity index (χ0n) is 6.69. The van der Waals surface area contributed by atoms with Crippen molar-refractivity contribution < 1.29 is 8.42 Å². The number of nitrogens with zero attached hydrogens (tertiary/aromatic N) is 1. The first kappa shape index (κ1) is 11.5. The second kappa shape index (κ2) is 8.59. The number of rotatable bonds is 6. The van der Waals surface area contributed by atoms with Gasteiger partial charge >= 0.3 is 0 Å². The van der Waals surface area contributed by atoms with Crippen LogP contribution in [0, 0.1) is 0 Å². The van der Waals surface area contributed by atoms with Crippen molar-refractivity contribution in [3.05, 3.63) is 0 Å². The van der Waals surface area contributed by atoms with Gasteiger partial charge in [-0.05, 0) is 31.5 Å². The van der Waals surface area contributed by atoms with E-state index in [1.54, 1.807) is 0 Å². The lowest BCUT2D eigenvalue weighted by molar-refractivity contribution is 0.626. The van der Waals surface area contributed by atoms with Gasteiger partial charge in [-0.1, -0.05) is 6.42 Å². The summed E-state index contributed by atoms with van der Waals surface area (Å²) in [6, 6.07) is 0. The summed E-state index contributed by atoms with van der Waals surface area (Å²) in [6.45, 7) is 0.698. The van der Waals surface area contributed by atoms with Gasteiger partial charge in [-0.2, -0.15) is 8.42 Å². The summed E-state index contributed by atoms with van der Waals surface area (Å²) in [5.41, 5.74) is 0. The van der Waals surface area contributed by atoms with Gasteiger partial charge in [0.2, 0.25) is 10.3 Å². The Morgan fingerprint density at radius 1 is 1.33 bits per heavy atom. The molecular weight excluding hydrogens is 194 g/mol. The molecular formula is C7H11NO2S2. The summed E-state index contributed by atoms with van der Waals surface area (Å²) in [6.07, 6.45) is 3.44. The Bertz CT molecular complexity index is 268. The Labute approximate surface area is 79.0 Å². The van der Waals surface area contributed by atoms with Crippen LogP contribution in [0.1, 0.15) is 25.7 Å². The Morgan fingerprint density at radius 3 is 2.67 bits per heavy atom. The summed E-state index contributed by atoms with van der Waals surface area (Å²) in [5.74, 6) is 0. The number of thiocarbonyl (C=S) groups is 1. The van der Waals surface area contributed by atoms with Crippen LogP contribution < -0.4 is 0 Å². The van der Waals surface area contributed by atoms with E-state index in [4.69, 9.17) is 0 Å². The highest BCUT2D eigenvalue weighted by Crippen LogP contribution is 1.97. The highest BCUT2D eigenvalue weighted by atomic mass is 32.2. The fourth-order valence-corrected chi connectivity index (χ4v) is 1.19. The zero-order chi connectivity index (χ0) is 9.23. The first-order chi connectivity index (χ1) is 5.77. The lowest BCUT2D eigenvalue weighted by Crippen LogP contribution is -1.83. The first-order valence-electron chi connectivity index (χ1n) is 3.72. The molecule has 0 fully saturated rings. The van der Waals surface area contributed by atoms with Crippen molar-refractivity contribution in [2.45, 2.75) is 25.7 Å². The largest absolute Gasteiger partial charge is 0.233 e. The van der Waals surface area contributed by atoms with E-state index in [9.17, 15) is 8.42 Å². The Hall–Kier alpha value is -0.510. The van der Waals surface area contributed by atoms with Gasteiger partial charge in [0.15, 0.2) is 0 Å². The molecule has 68 valence electrons. The molecule has 0 aromatic heterocycles. The maximum Gasteiger partial charge on any atom is 0.209 e. The lowest BCUT2D eigenvalue weighted by Gasteiger charge is -1.91. The van der Waals surface area contributed by atoms with E-state index in [2.05, 4.69) is 22.4 Å². The molecule has 0 saturated carbocycles. The van der Waals surface area contributed by atoms with Gasteiger partial charge in [0.05, 0.1) is 5.16 Å². The zero-order valence-corrected chi connectivity index (χ0v) is 8.33. The van der Waals surface area contributed by atoms with Crippen molar-refractivity contribution in [2.75, 3.05) is 6.54 Å². The molecule has 0 unspecified atom stereocenters. The van der Waals surface area contributed by atoms with Gasteiger partial charge in [-0.15, -0.1) is 0 Å². The molecule has 0 aliphatic heterocycles. The third-order valence-electron chi connectivity index (χ3n) is 1.29. The lowest BCUT2D eigenvalue weighted by atomic mass is 10.2. The fourth-order valence-electron chi connectivity index (χ4n) is 0.737. The molecule has 12 heavy (non-hydrogen) atoms. The van der Waals surface area contributed by atoms with Gasteiger partial charge in [0.25, 0.3) is 0 Å². The topological polar surface area (TPSA) is 46.5 Å². The van der Waals surface area contributed by atoms with Crippen molar-refractivity contribution in [1.82, 2.24) is 0 Å². The molecule has 0 aliphatic rings. The molecule has 0 heterocycles. The van der Waals surface area contributed by atoms with E-state index in [0.717, 1.165) is 19.3 Å². The number of aliphatic imine (C=N–C) groups is 1. The predicted octanol–water partition coefficient (Wildman–Crippen LogP) is 1.33. The highest BCUT2D eigenvalue weighted by molar-refractivity contribution is 7.78. The maximum atomic E-state index is 10.0. The van der Waals surface area contributed by atoms with Crippen LogP contribution in [0.15, 0.2) is 4.99 Å². The van der Waals surface area contributed by atoms with E-state index >= 15 is 0 Å². The molecule has 0 radical (unpaired) electrons. The second-order valence-corrected chi connectivity index (χ2v) is 3.29. The van der Waals surface area contributed by atoms with Crippen molar-refractivity contribution in [1.29, 1.82) is 0 Å². The van der Waals surface area contributed by atoms with Crippen molar-refractivity contribution in [3.63, 3.8) is 0 Å². The van der Waals surface area contributed by atoms with Gasteiger partial charge in [-0.25, -0.2) is 4.99 Å². The molecule has 0 N–H and O–H groups in total. The van der Waals surface area contributed by atoms with E-state index in [1.807, 2.05) is 0 Å². The molecule has 3 nitrogen and oxygen atoms in total. The van der Waals surface area contributed by atoms with Crippen molar-refractivity contribution in [3.8, 4) is 0 Å². The van der Waals surface area contributed by atoms with Crippen LogP contribution in [-0.4, -0.2) is 25.5 Å². The Morgan fingerprint density at radius 2 is 2.08 bits per heavy atom. The standard InChI is InChI=1S/C7H11NO2S2/c9-12(10)6-4-2-1-3-5-8-7-11/h6H,1-5H2. The maximum absolute atomic E-state index is 10.0. The summed E-state index contributed by atoms with van der Waals surface area (Å²) in [4.78, 5) is 3.74. The summed E-state index contributed by atoms with van der Waals surface area (Å²) in [5, 5.41) is 3.56. The number of hydrogen-bond donors (Lipinski definition) is 0. The molecule has 0 aromatic carbocycles. The van der Waals surface area contributed by atoms with Crippen LogP contribution in [0.2, 0.25) is 0 Å². The third kappa shape index (κ3) is 9.49. The molecule has 0 amide bonds. The van der Waals surface area contributed by atoms with Crippen LogP contribution in [0.5, 0.6) is 0 Å². The minimum Gasteiger partial charge on any atom is -0.233 e. The van der Waals surface area contributed by atoms with Crippen molar-refractivity contribution in [2.24, 2.45) is 4.99 Å². The average Bonchev–Trinajstić information content (AvgIpc) is 2.02. The predicted molar refractivity (Wildman–Crippen MR) is 53.3 cm³/mol. The molecule has 0 bridgehead atoms. The minimum absolute atomic E-state index is 0.622. The summed E-state index contributed by atoms with van der Waals surface area (Å²) >= 11 is 4.38. The minimum atomic E-state index is -2.00. The van der Waals surface area contributed by atoms with Gasteiger partial charge < -0.3 is 0 Å². The molecule has 0 aromatic rings. The van der Waals surface area contributed by atoms with Crippen LogP contribution in [0.3, 0.4) is 0 Å². The molecule has 0 rings (SSSR count). The smallest absolute Gasteiger partial charge is 0.209 e. The van der Waals surface area contributed by atoms with Gasteiger partial charge in [-0.3, -0.25) is 0 Å². The Balaban J connectivity index is 3.22. The molecule has 0 atom stereocenters. The fraction of sp³-hybridized carbons (Fsp3) is 0.714. The van der Waals surface area contributed by atoms with E-state index in [1.165, 1.54) is 5.37 Å². The van der Waals surface area contributed by atoms with E-state index in [-0.39, 0.29) is 0 Å². The van der Waals surface area contributed by atoms with E-state index < -0.39 is 10.3 Å². The van der Waals surface area contributed by atoms with Gasteiger partial charge in [0.1, 0.15) is 0 Å². The normalized spacial score (nSPS) is 8.67. The van der Waals surface area contributed by atoms with E-state index in [0.29, 0.717) is 13.0 Å². The number of isothiocyanates is 1. The molecule has 0 saturated heterocycles. The van der Waals surface area contributed by atoms with Crippen LogP contribution >= 0.6 is 12.2 Å². The summed E-state index contributed by atoms with van der Waals surface area (Å²) in [7, 11) is -2.00.